The van der Waals surface area contributed by atoms with Crippen molar-refractivity contribution in [2.75, 3.05) is 31.2 Å². The van der Waals surface area contributed by atoms with Gasteiger partial charge in [0.15, 0.2) is 0 Å². The Bertz CT molecular complexity index is 495. The van der Waals surface area contributed by atoms with Gasteiger partial charge >= 0.3 is 0 Å². The van der Waals surface area contributed by atoms with E-state index in [4.69, 9.17) is 4.74 Å². The van der Waals surface area contributed by atoms with Gasteiger partial charge in [0.2, 0.25) is 0 Å². The number of hydrogen-bond acceptors (Lipinski definition) is 2. The summed E-state index contributed by atoms with van der Waals surface area (Å²) in [7, 11) is 0. The maximum absolute atomic E-state index is 5.65. The fourth-order valence-electron chi connectivity index (χ4n) is 3.53. The molecule has 0 N–H and O–H groups in total. The number of rotatable bonds is 1. The quantitative estimate of drug-likeness (QED) is 0.769. The first-order valence-electron chi connectivity index (χ1n) is 7.84. The summed E-state index contributed by atoms with van der Waals surface area (Å²) in [6.45, 7) is 13.4. The van der Waals surface area contributed by atoms with E-state index in [1.165, 1.54) is 42.7 Å². The molecule has 1 unspecified atom stereocenters. The monoisotopic (exact) mass is 273 g/mol. The third-order valence-electron chi connectivity index (χ3n) is 5.04. The molecule has 110 valence electrons. The van der Waals surface area contributed by atoms with Crippen LogP contribution in [0, 0.1) is 12.3 Å². The summed E-state index contributed by atoms with van der Waals surface area (Å²) in [6, 6.07) is 6.97. The number of nitrogens with zero attached hydrogens (tertiary/aromatic N) is 1. The van der Waals surface area contributed by atoms with Crippen LogP contribution >= 0.6 is 0 Å². The molecular weight excluding hydrogens is 246 g/mol. The SMILES string of the molecule is Cc1ccc(C(C)(C)C)cc1N1CCC2(CCOC2)C1. The topological polar surface area (TPSA) is 12.5 Å². The molecule has 2 heterocycles. The van der Waals surface area contributed by atoms with Crippen LogP contribution in [0.5, 0.6) is 0 Å². The molecule has 1 atom stereocenters. The van der Waals surface area contributed by atoms with Gasteiger partial charge in [-0.05, 0) is 42.4 Å². The van der Waals surface area contributed by atoms with Crippen LogP contribution in [0.25, 0.3) is 0 Å². The highest BCUT2D eigenvalue weighted by Gasteiger charge is 2.41. The summed E-state index contributed by atoms with van der Waals surface area (Å²) in [5.41, 5.74) is 4.91. The molecule has 0 bridgehead atoms. The highest BCUT2D eigenvalue weighted by molar-refractivity contribution is 5.57. The van der Waals surface area contributed by atoms with E-state index in [9.17, 15) is 0 Å². The average molecular weight is 273 g/mol. The largest absolute Gasteiger partial charge is 0.381 e. The van der Waals surface area contributed by atoms with Crippen molar-refractivity contribution in [2.24, 2.45) is 5.41 Å². The first kappa shape index (κ1) is 13.9. The fourth-order valence-corrected chi connectivity index (χ4v) is 3.53. The van der Waals surface area contributed by atoms with Crippen molar-refractivity contribution in [2.45, 2.75) is 46.0 Å². The van der Waals surface area contributed by atoms with Crippen LogP contribution in [-0.2, 0) is 10.2 Å². The second-order valence-electron chi connectivity index (χ2n) is 7.73. The second-order valence-corrected chi connectivity index (χ2v) is 7.73. The molecule has 0 radical (unpaired) electrons. The Labute approximate surface area is 123 Å². The van der Waals surface area contributed by atoms with E-state index in [0.29, 0.717) is 5.41 Å². The van der Waals surface area contributed by atoms with Crippen LogP contribution in [0.3, 0.4) is 0 Å². The minimum atomic E-state index is 0.219. The highest BCUT2D eigenvalue weighted by Crippen LogP contribution is 2.41. The fraction of sp³-hybridized carbons (Fsp3) is 0.667. The smallest absolute Gasteiger partial charge is 0.0540 e. The molecule has 2 fully saturated rings. The Balaban J connectivity index is 1.87. The van der Waals surface area contributed by atoms with E-state index in [1.807, 2.05) is 0 Å². The summed E-state index contributed by atoms with van der Waals surface area (Å²) in [6.07, 6.45) is 2.52. The third-order valence-corrected chi connectivity index (χ3v) is 5.04. The third kappa shape index (κ3) is 2.46. The van der Waals surface area contributed by atoms with Crippen molar-refractivity contribution >= 4 is 5.69 Å². The van der Waals surface area contributed by atoms with Gasteiger partial charge in [-0.3, -0.25) is 0 Å². The molecule has 0 saturated carbocycles. The molecule has 1 aromatic rings. The van der Waals surface area contributed by atoms with E-state index < -0.39 is 0 Å². The minimum Gasteiger partial charge on any atom is -0.381 e. The van der Waals surface area contributed by atoms with Gasteiger partial charge in [0.1, 0.15) is 0 Å². The Morgan fingerprint density at radius 2 is 2.00 bits per heavy atom. The van der Waals surface area contributed by atoms with E-state index in [1.54, 1.807) is 0 Å². The first-order chi connectivity index (χ1) is 9.40. The van der Waals surface area contributed by atoms with Crippen LogP contribution in [0.4, 0.5) is 5.69 Å². The molecule has 2 nitrogen and oxygen atoms in total. The lowest BCUT2D eigenvalue weighted by Crippen LogP contribution is -2.28. The minimum absolute atomic E-state index is 0.219. The summed E-state index contributed by atoms with van der Waals surface area (Å²) < 4.78 is 5.65. The molecule has 20 heavy (non-hydrogen) atoms. The Morgan fingerprint density at radius 1 is 1.20 bits per heavy atom. The number of hydrogen-bond donors (Lipinski definition) is 0. The lowest BCUT2D eigenvalue weighted by Gasteiger charge is -2.27. The highest BCUT2D eigenvalue weighted by atomic mass is 16.5. The van der Waals surface area contributed by atoms with Crippen molar-refractivity contribution in [1.29, 1.82) is 0 Å². The maximum atomic E-state index is 5.65. The molecule has 1 aromatic carbocycles. The molecule has 2 aliphatic rings. The number of ether oxygens (including phenoxy) is 1. The molecule has 0 amide bonds. The molecule has 2 saturated heterocycles. The van der Waals surface area contributed by atoms with E-state index >= 15 is 0 Å². The summed E-state index contributed by atoms with van der Waals surface area (Å²) in [5, 5.41) is 0. The molecule has 3 rings (SSSR count). The lowest BCUT2D eigenvalue weighted by molar-refractivity contribution is 0.160. The normalized spacial score (nSPS) is 26.7. The van der Waals surface area contributed by atoms with Crippen molar-refractivity contribution in [3.63, 3.8) is 0 Å². The number of anilines is 1. The van der Waals surface area contributed by atoms with Crippen molar-refractivity contribution in [3.05, 3.63) is 29.3 Å². The molecule has 2 heteroatoms. The zero-order valence-electron chi connectivity index (χ0n) is 13.3. The average Bonchev–Trinajstić information content (AvgIpc) is 3.00. The van der Waals surface area contributed by atoms with Gasteiger partial charge in [-0.2, -0.15) is 0 Å². The molecule has 0 aromatic heterocycles. The first-order valence-corrected chi connectivity index (χ1v) is 7.84. The Kier molecular flexibility index (Phi) is 3.32. The zero-order valence-corrected chi connectivity index (χ0v) is 13.3. The Morgan fingerprint density at radius 3 is 2.65 bits per heavy atom. The van der Waals surface area contributed by atoms with Gasteiger partial charge in [-0.15, -0.1) is 0 Å². The Hall–Kier alpha value is -1.02. The van der Waals surface area contributed by atoms with Crippen LogP contribution in [0.2, 0.25) is 0 Å². The zero-order chi connectivity index (χ0) is 14.4. The van der Waals surface area contributed by atoms with Crippen LogP contribution < -0.4 is 4.90 Å². The van der Waals surface area contributed by atoms with E-state index in [0.717, 1.165) is 13.2 Å². The van der Waals surface area contributed by atoms with Crippen LogP contribution in [-0.4, -0.2) is 26.3 Å². The summed E-state index contributed by atoms with van der Waals surface area (Å²) in [5.74, 6) is 0. The van der Waals surface area contributed by atoms with Gasteiger partial charge in [-0.1, -0.05) is 32.9 Å². The van der Waals surface area contributed by atoms with Crippen molar-refractivity contribution in [3.8, 4) is 0 Å². The summed E-state index contributed by atoms with van der Waals surface area (Å²) in [4.78, 5) is 2.58. The van der Waals surface area contributed by atoms with Crippen molar-refractivity contribution in [1.82, 2.24) is 0 Å². The standard InChI is InChI=1S/C18H27NO/c1-14-5-6-15(17(2,3)4)11-16(14)19-9-7-18(12-19)8-10-20-13-18/h5-6,11H,7-10,12-13H2,1-4H3. The van der Waals surface area contributed by atoms with Gasteiger partial charge in [0, 0.05) is 30.8 Å². The molecule has 1 spiro atoms. The summed E-state index contributed by atoms with van der Waals surface area (Å²) >= 11 is 0. The van der Waals surface area contributed by atoms with E-state index in [-0.39, 0.29) is 5.41 Å². The molecule has 2 aliphatic heterocycles. The van der Waals surface area contributed by atoms with Crippen LogP contribution in [0.15, 0.2) is 18.2 Å². The van der Waals surface area contributed by atoms with E-state index in [2.05, 4.69) is 50.8 Å². The van der Waals surface area contributed by atoms with Gasteiger partial charge in [-0.25, -0.2) is 0 Å². The van der Waals surface area contributed by atoms with Gasteiger partial charge in [0.25, 0.3) is 0 Å². The molecular formula is C18H27NO. The van der Waals surface area contributed by atoms with Crippen molar-refractivity contribution < 1.29 is 4.74 Å². The van der Waals surface area contributed by atoms with Gasteiger partial charge in [0.05, 0.1) is 6.61 Å². The number of aryl methyl sites for hydroxylation is 1. The number of benzene rings is 1. The predicted molar refractivity (Wildman–Crippen MR) is 84.6 cm³/mol. The van der Waals surface area contributed by atoms with Crippen LogP contribution in [0.1, 0.15) is 44.7 Å². The van der Waals surface area contributed by atoms with Gasteiger partial charge < -0.3 is 9.64 Å². The lowest BCUT2D eigenvalue weighted by atomic mass is 9.86. The second kappa shape index (κ2) is 4.77. The molecule has 0 aliphatic carbocycles. The predicted octanol–water partition coefficient (Wildman–Crippen LogP) is 3.91. The maximum Gasteiger partial charge on any atom is 0.0540 e.